The Morgan fingerprint density at radius 1 is 1.04 bits per heavy atom. The molecule has 1 aliphatic heterocycles. The fourth-order valence-electron chi connectivity index (χ4n) is 3.72. The van der Waals surface area contributed by atoms with Crippen LogP contribution in [0.5, 0.6) is 0 Å². The minimum atomic E-state index is -1.20. The van der Waals surface area contributed by atoms with Crippen molar-refractivity contribution in [2.24, 2.45) is 23.7 Å². The molecule has 9 nitrogen and oxygen atoms in total. The van der Waals surface area contributed by atoms with Gasteiger partial charge in [0.05, 0.1) is 11.8 Å². The molecule has 2 aliphatic rings. The van der Waals surface area contributed by atoms with E-state index in [4.69, 9.17) is 14.2 Å². The second kappa shape index (κ2) is 7.86. The summed E-state index contributed by atoms with van der Waals surface area (Å²) in [5.41, 5.74) is 0.429. The van der Waals surface area contributed by atoms with Gasteiger partial charge in [0.2, 0.25) is 12.6 Å². The zero-order valence-corrected chi connectivity index (χ0v) is 14.7. The quantitative estimate of drug-likeness (QED) is 0.539. The third-order valence-corrected chi connectivity index (χ3v) is 4.71. The van der Waals surface area contributed by atoms with Gasteiger partial charge in [-0.3, -0.25) is 19.2 Å². The molecule has 6 unspecified atom stereocenters. The van der Waals surface area contributed by atoms with Gasteiger partial charge in [-0.1, -0.05) is 11.6 Å². The topological polar surface area (TPSA) is 136 Å². The molecule has 0 bridgehead atoms. The van der Waals surface area contributed by atoms with Crippen molar-refractivity contribution in [1.82, 2.24) is 0 Å². The molecule has 9 heteroatoms. The van der Waals surface area contributed by atoms with Crippen LogP contribution in [0.4, 0.5) is 0 Å². The molecular weight excluding hydrogens is 348 g/mol. The molecule has 0 aromatic carbocycles. The molecule has 0 spiro atoms. The Hall–Kier alpha value is -2.42. The van der Waals surface area contributed by atoms with Crippen LogP contribution >= 0.6 is 0 Å². The first kappa shape index (κ1) is 19.9. The minimum Gasteiger partial charge on any atom is -0.481 e. The second-order valence-electron chi connectivity index (χ2n) is 6.62. The van der Waals surface area contributed by atoms with Gasteiger partial charge in [-0.05, 0) is 19.3 Å². The predicted octanol–water partition coefficient (Wildman–Crippen LogP) is 1.17. The highest BCUT2D eigenvalue weighted by Crippen LogP contribution is 2.43. The summed E-state index contributed by atoms with van der Waals surface area (Å²) in [4.78, 5) is 45.5. The van der Waals surface area contributed by atoms with E-state index in [0.717, 1.165) is 0 Å². The average Bonchev–Trinajstić information content (AvgIpc) is 2.86. The van der Waals surface area contributed by atoms with Crippen LogP contribution < -0.4 is 0 Å². The summed E-state index contributed by atoms with van der Waals surface area (Å²) in [7, 11) is 0. The summed E-state index contributed by atoms with van der Waals surface area (Å²) >= 11 is 0. The lowest BCUT2D eigenvalue weighted by molar-refractivity contribution is -0.213. The third-order valence-electron chi connectivity index (χ3n) is 4.71. The maximum Gasteiger partial charge on any atom is 0.311 e. The Kier molecular flexibility index (Phi) is 6.01. The van der Waals surface area contributed by atoms with Crippen LogP contribution in [0.2, 0.25) is 0 Å². The van der Waals surface area contributed by atoms with E-state index in [1.807, 2.05) is 0 Å². The largest absolute Gasteiger partial charge is 0.481 e. The fourth-order valence-corrected chi connectivity index (χ4v) is 3.72. The maximum atomic E-state index is 11.6. The molecule has 1 aliphatic carbocycles. The van der Waals surface area contributed by atoms with Gasteiger partial charge in [0.25, 0.3) is 0 Å². The number of carbonyl (C=O) groups excluding carboxylic acids is 2. The van der Waals surface area contributed by atoms with Crippen molar-refractivity contribution in [3.8, 4) is 0 Å². The third kappa shape index (κ3) is 4.40. The molecule has 2 rings (SSSR count). The van der Waals surface area contributed by atoms with E-state index in [1.54, 1.807) is 13.0 Å². The van der Waals surface area contributed by atoms with Gasteiger partial charge in [-0.2, -0.15) is 0 Å². The van der Waals surface area contributed by atoms with Crippen LogP contribution in [0.15, 0.2) is 11.6 Å². The van der Waals surface area contributed by atoms with Crippen LogP contribution in [0.1, 0.15) is 33.6 Å². The van der Waals surface area contributed by atoms with E-state index in [0.29, 0.717) is 5.57 Å². The number of carboxylic acids is 2. The molecule has 0 amide bonds. The molecule has 0 aromatic rings. The molecule has 144 valence electrons. The lowest BCUT2D eigenvalue weighted by Gasteiger charge is -2.34. The Bertz CT molecular complexity index is 638. The molecule has 1 fully saturated rings. The van der Waals surface area contributed by atoms with Gasteiger partial charge >= 0.3 is 23.9 Å². The van der Waals surface area contributed by atoms with Gasteiger partial charge < -0.3 is 24.4 Å². The second-order valence-corrected chi connectivity index (χ2v) is 6.62. The monoisotopic (exact) mass is 370 g/mol. The number of carbonyl (C=O) groups is 4. The van der Waals surface area contributed by atoms with Crippen LogP contribution in [-0.2, 0) is 33.4 Å². The Labute approximate surface area is 149 Å². The number of hydrogen-bond acceptors (Lipinski definition) is 7. The Balaban J connectivity index is 2.28. The summed E-state index contributed by atoms with van der Waals surface area (Å²) in [6, 6.07) is 0. The summed E-state index contributed by atoms with van der Waals surface area (Å²) in [5.74, 6) is -6.58. The molecule has 1 heterocycles. The summed E-state index contributed by atoms with van der Waals surface area (Å²) < 4.78 is 15.6. The van der Waals surface area contributed by atoms with Crippen molar-refractivity contribution in [2.45, 2.75) is 46.2 Å². The number of hydrogen-bond donors (Lipinski definition) is 2. The molecule has 0 saturated carbocycles. The molecule has 6 atom stereocenters. The number of allylic oxidation sites excluding steroid dienone is 1. The molecule has 0 aromatic heterocycles. The summed E-state index contributed by atoms with van der Waals surface area (Å²) in [5, 5.41) is 18.8. The van der Waals surface area contributed by atoms with E-state index in [9.17, 15) is 29.4 Å². The van der Waals surface area contributed by atoms with Gasteiger partial charge in [0.1, 0.15) is 0 Å². The summed E-state index contributed by atoms with van der Waals surface area (Å²) in [6.45, 7) is 4.00. The van der Waals surface area contributed by atoms with E-state index in [-0.39, 0.29) is 12.8 Å². The molecule has 26 heavy (non-hydrogen) atoms. The zero-order valence-electron chi connectivity index (χ0n) is 14.7. The van der Waals surface area contributed by atoms with Crippen LogP contribution in [0.25, 0.3) is 0 Å². The predicted molar refractivity (Wildman–Crippen MR) is 84.4 cm³/mol. The van der Waals surface area contributed by atoms with Gasteiger partial charge in [-0.15, -0.1) is 0 Å². The smallest absolute Gasteiger partial charge is 0.311 e. The lowest BCUT2D eigenvalue weighted by Crippen LogP contribution is -2.38. The van der Waals surface area contributed by atoms with Crippen molar-refractivity contribution in [2.75, 3.05) is 0 Å². The van der Waals surface area contributed by atoms with Gasteiger partial charge in [-0.25, -0.2) is 0 Å². The normalized spacial score (nSPS) is 33.9. The first-order valence-corrected chi connectivity index (χ1v) is 8.24. The first-order chi connectivity index (χ1) is 12.1. The number of esters is 2. The SMILES string of the molecule is CC(=O)OC1CC(C2C=C(C)C(C(=O)O)C(C(=O)O)C2)C(OC(C)=O)O1. The van der Waals surface area contributed by atoms with Crippen LogP contribution in [-0.4, -0.2) is 46.7 Å². The molecule has 2 N–H and O–H groups in total. The lowest BCUT2D eigenvalue weighted by atomic mass is 9.70. The minimum absolute atomic E-state index is 0.0578. The molecule has 1 saturated heterocycles. The van der Waals surface area contributed by atoms with Crippen LogP contribution in [0.3, 0.4) is 0 Å². The highest BCUT2D eigenvalue weighted by molar-refractivity contribution is 5.82. The zero-order chi connectivity index (χ0) is 19.6. The number of carboxylic acid groups (broad SMARTS) is 2. The van der Waals surface area contributed by atoms with Crippen molar-refractivity contribution < 1.29 is 43.6 Å². The van der Waals surface area contributed by atoms with Crippen molar-refractivity contribution >= 4 is 23.9 Å². The van der Waals surface area contributed by atoms with Gasteiger partial charge in [0, 0.05) is 26.2 Å². The Morgan fingerprint density at radius 2 is 1.65 bits per heavy atom. The fraction of sp³-hybridized carbons (Fsp3) is 0.647. The Morgan fingerprint density at radius 3 is 2.15 bits per heavy atom. The van der Waals surface area contributed by atoms with E-state index >= 15 is 0 Å². The number of rotatable bonds is 5. The maximum absolute atomic E-state index is 11.6. The highest BCUT2D eigenvalue weighted by atomic mass is 16.8. The standard InChI is InChI=1S/C17H22O9/c1-7-4-10(5-12(15(20)21)14(7)16(22)23)11-6-13(24-8(2)18)26-17(11)25-9(3)19/h4,10-14,17H,5-6H2,1-3H3,(H,20,21)(H,22,23). The van der Waals surface area contributed by atoms with Crippen molar-refractivity contribution in [1.29, 1.82) is 0 Å². The first-order valence-electron chi connectivity index (χ1n) is 8.24. The van der Waals surface area contributed by atoms with Crippen molar-refractivity contribution in [3.63, 3.8) is 0 Å². The van der Waals surface area contributed by atoms with E-state index < -0.39 is 60.1 Å². The van der Waals surface area contributed by atoms with Crippen molar-refractivity contribution in [3.05, 3.63) is 11.6 Å². The number of aliphatic carboxylic acids is 2. The van der Waals surface area contributed by atoms with E-state index in [2.05, 4.69) is 0 Å². The van der Waals surface area contributed by atoms with E-state index in [1.165, 1.54) is 13.8 Å². The van der Waals surface area contributed by atoms with Crippen LogP contribution in [0, 0.1) is 23.7 Å². The summed E-state index contributed by atoms with van der Waals surface area (Å²) in [6.07, 6.45) is 0.0646. The van der Waals surface area contributed by atoms with Gasteiger partial charge in [0.15, 0.2) is 0 Å². The number of ether oxygens (including phenoxy) is 3. The highest BCUT2D eigenvalue weighted by Gasteiger charge is 2.48. The molecular formula is C17H22O9. The molecule has 0 radical (unpaired) electrons. The average molecular weight is 370 g/mol.